The molecule has 2 aromatic rings. The Morgan fingerprint density at radius 1 is 1.39 bits per heavy atom. The van der Waals surface area contributed by atoms with Gasteiger partial charge in [-0.1, -0.05) is 35.5 Å². The van der Waals surface area contributed by atoms with Gasteiger partial charge in [0, 0.05) is 11.7 Å². The SMILES string of the molecule is NC(=O)Cn1c(SCCOc2ccccc2Cl)nnc1C1CC1. The standard InChI is InChI=1S/C15H17ClN4O2S/c16-11-3-1-2-4-12(11)22-7-8-23-15-19-18-14(10-5-6-10)20(15)9-13(17)21/h1-4,10H,5-9H2,(H2,17,21). The molecule has 0 unspecified atom stereocenters. The number of hydrogen-bond donors (Lipinski definition) is 1. The predicted octanol–water partition coefficient (Wildman–Crippen LogP) is 2.47. The second-order valence-corrected chi connectivity index (χ2v) is 6.76. The van der Waals surface area contributed by atoms with Crippen molar-refractivity contribution < 1.29 is 9.53 Å². The number of benzene rings is 1. The highest BCUT2D eigenvalue weighted by Crippen LogP contribution is 2.40. The van der Waals surface area contributed by atoms with Crippen molar-refractivity contribution >= 4 is 29.3 Å². The molecule has 122 valence electrons. The first-order chi connectivity index (χ1) is 11.1. The number of primary amides is 1. The zero-order valence-electron chi connectivity index (χ0n) is 12.4. The fourth-order valence-corrected chi connectivity index (χ4v) is 3.15. The third-order valence-electron chi connectivity index (χ3n) is 3.41. The van der Waals surface area contributed by atoms with Gasteiger partial charge in [0.25, 0.3) is 0 Å². The molecule has 8 heteroatoms. The van der Waals surface area contributed by atoms with Crippen molar-refractivity contribution in [3.8, 4) is 5.75 Å². The van der Waals surface area contributed by atoms with E-state index in [9.17, 15) is 4.79 Å². The average Bonchev–Trinajstić information content (AvgIpc) is 3.29. The Balaban J connectivity index is 1.57. The molecule has 0 bridgehead atoms. The van der Waals surface area contributed by atoms with Gasteiger partial charge in [-0.15, -0.1) is 10.2 Å². The maximum absolute atomic E-state index is 11.3. The number of thioether (sulfide) groups is 1. The number of nitrogens with zero attached hydrogens (tertiary/aromatic N) is 3. The molecule has 2 N–H and O–H groups in total. The van der Waals surface area contributed by atoms with Crippen molar-refractivity contribution in [3.05, 3.63) is 35.1 Å². The van der Waals surface area contributed by atoms with E-state index >= 15 is 0 Å². The molecule has 0 atom stereocenters. The van der Waals surface area contributed by atoms with Gasteiger partial charge in [0.2, 0.25) is 5.91 Å². The van der Waals surface area contributed by atoms with Gasteiger partial charge in [-0.05, 0) is 25.0 Å². The molecular weight excluding hydrogens is 336 g/mol. The maximum Gasteiger partial charge on any atom is 0.237 e. The summed E-state index contributed by atoms with van der Waals surface area (Å²) in [5.41, 5.74) is 5.33. The van der Waals surface area contributed by atoms with E-state index in [1.54, 1.807) is 6.07 Å². The fraction of sp³-hybridized carbons (Fsp3) is 0.400. The number of hydrogen-bond acceptors (Lipinski definition) is 5. The number of aromatic nitrogens is 3. The minimum atomic E-state index is -0.388. The van der Waals surface area contributed by atoms with E-state index in [0.29, 0.717) is 34.2 Å². The summed E-state index contributed by atoms with van der Waals surface area (Å²) in [5, 5.41) is 9.67. The minimum Gasteiger partial charge on any atom is -0.491 e. The summed E-state index contributed by atoms with van der Waals surface area (Å²) in [5.74, 6) is 2.22. The van der Waals surface area contributed by atoms with E-state index in [2.05, 4.69) is 10.2 Å². The number of rotatable bonds is 8. The lowest BCUT2D eigenvalue weighted by Gasteiger charge is -2.09. The molecule has 1 amide bonds. The molecule has 6 nitrogen and oxygen atoms in total. The van der Waals surface area contributed by atoms with Crippen LogP contribution in [0.25, 0.3) is 0 Å². The summed E-state index contributed by atoms with van der Waals surface area (Å²) in [7, 11) is 0. The average molecular weight is 353 g/mol. The van der Waals surface area contributed by atoms with Crippen LogP contribution in [0.1, 0.15) is 24.6 Å². The van der Waals surface area contributed by atoms with Crippen LogP contribution in [0, 0.1) is 0 Å². The quantitative estimate of drug-likeness (QED) is 0.583. The van der Waals surface area contributed by atoms with E-state index in [1.165, 1.54) is 11.8 Å². The molecule has 1 aliphatic rings. The number of amides is 1. The van der Waals surface area contributed by atoms with Gasteiger partial charge in [-0.2, -0.15) is 0 Å². The number of ether oxygens (including phenoxy) is 1. The van der Waals surface area contributed by atoms with Crippen LogP contribution in [0.5, 0.6) is 5.75 Å². The van der Waals surface area contributed by atoms with E-state index in [-0.39, 0.29) is 12.5 Å². The van der Waals surface area contributed by atoms with Crippen molar-refractivity contribution in [1.82, 2.24) is 14.8 Å². The molecule has 0 aliphatic heterocycles. The second-order valence-electron chi connectivity index (χ2n) is 5.29. The third-order valence-corrected chi connectivity index (χ3v) is 4.65. The molecule has 1 aromatic heterocycles. The lowest BCUT2D eigenvalue weighted by atomic mass is 10.3. The molecular formula is C15H17ClN4O2S. The Kier molecular flexibility index (Phi) is 5.07. The normalized spacial score (nSPS) is 14.0. The van der Waals surface area contributed by atoms with Gasteiger partial charge >= 0.3 is 0 Å². The first-order valence-electron chi connectivity index (χ1n) is 7.36. The van der Waals surface area contributed by atoms with Crippen LogP contribution >= 0.6 is 23.4 Å². The van der Waals surface area contributed by atoms with Gasteiger partial charge in [0.05, 0.1) is 11.6 Å². The van der Waals surface area contributed by atoms with Crippen LogP contribution in [0.2, 0.25) is 5.02 Å². The molecule has 3 rings (SSSR count). The van der Waals surface area contributed by atoms with E-state index in [0.717, 1.165) is 18.7 Å². The van der Waals surface area contributed by atoms with Crippen molar-refractivity contribution in [2.75, 3.05) is 12.4 Å². The molecule has 1 fully saturated rings. The maximum atomic E-state index is 11.3. The van der Waals surface area contributed by atoms with E-state index in [4.69, 9.17) is 22.1 Å². The highest BCUT2D eigenvalue weighted by molar-refractivity contribution is 7.99. The zero-order chi connectivity index (χ0) is 16.2. The molecule has 23 heavy (non-hydrogen) atoms. The third kappa shape index (κ3) is 4.17. The summed E-state index contributed by atoms with van der Waals surface area (Å²) in [6.07, 6.45) is 2.19. The number of halogens is 1. The van der Waals surface area contributed by atoms with E-state index < -0.39 is 0 Å². The number of carbonyl (C=O) groups is 1. The predicted molar refractivity (Wildman–Crippen MR) is 88.9 cm³/mol. The van der Waals surface area contributed by atoms with Crippen molar-refractivity contribution in [1.29, 1.82) is 0 Å². The summed E-state index contributed by atoms with van der Waals surface area (Å²) < 4.78 is 7.46. The number of nitrogens with two attached hydrogens (primary N) is 1. The molecule has 1 heterocycles. The van der Waals surface area contributed by atoms with Gasteiger partial charge < -0.3 is 10.5 Å². The Morgan fingerprint density at radius 3 is 2.87 bits per heavy atom. The Labute approximate surface area is 143 Å². The van der Waals surface area contributed by atoms with E-state index in [1.807, 2.05) is 22.8 Å². The highest BCUT2D eigenvalue weighted by Gasteiger charge is 2.30. The summed E-state index contributed by atoms with van der Waals surface area (Å²) in [4.78, 5) is 11.3. The molecule has 0 spiro atoms. The van der Waals surface area contributed by atoms with Gasteiger partial charge in [-0.3, -0.25) is 9.36 Å². The smallest absolute Gasteiger partial charge is 0.237 e. The summed E-state index contributed by atoms with van der Waals surface area (Å²) in [6, 6.07) is 7.35. The lowest BCUT2D eigenvalue weighted by Crippen LogP contribution is -2.20. The lowest BCUT2D eigenvalue weighted by molar-refractivity contribution is -0.118. The highest BCUT2D eigenvalue weighted by atomic mass is 35.5. The van der Waals surface area contributed by atoms with Crippen LogP contribution < -0.4 is 10.5 Å². The Hall–Kier alpha value is -1.73. The summed E-state index contributed by atoms with van der Waals surface area (Å²) in [6.45, 7) is 0.600. The van der Waals surface area contributed by atoms with Crippen molar-refractivity contribution in [2.45, 2.75) is 30.5 Å². The van der Waals surface area contributed by atoms with Crippen LogP contribution in [0.15, 0.2) is 29.4 Å². The second kappa shape index (κ2) is 7.23. The molecule has 0 saturated heterocycles. The first-order valence-corrected chi connectivity index (χ1v) is 8.73. The minimum absolute atomic E-state index is 0.118. The van der Waals surface area contributed by atoms with Crippen molar-refractivity contribution in [2.24, 2.45) is 5.73 Å². The van der Waals surface area contributed by atoms with Gasteiger partial charge in [-0.25, -0.2) is 0 Å². The van der Waals surface area contributed by atoms with Crippen molar-refractivity contribution in [3.63, 3.8) is 0 Å². The first kappa shape index (κ1) is 16.1. The van der Waals surface area contributed by atoms with Crippen LogP contribution in [0.3, 0.4) is 0 Å². The van der Waals surface area contributed by atoms with Gasteiger partial charge in [0.1, 0.15) is 18.1 Å². The Morgan fingerprint density at radius 2 is 2.17 bits per heavy atom. The topological polar surface area (TPSA) is 83.0 Å². The molecule has 1 saturated carbocycles. The van der Waals surface area contributed by atoms with Crippen LogP contribution in [-0.2, 0) is 11.3 Å². The molecule has 1 aliphatic carbocycles. The number of carbonyl (C=O) groups excluding carboxylic acids is 1. The molecule has 1 aromatic carbocycles. The zero-order valence-corrected chi connectivity index (χ0v) is 14.0. The van der Waals surface area contributed by atoms with Crippen LogP contribution in [-0.4, -0.2) is 33.0 Å². The summed E-state index contributed by atoms with van der Waals surface area (Å²) >= 11 is 7.53. The number of para-hydroxylation sites is 1. The van der Waals surface area contributed by atoms with Crippen LogP contribution in [0.4, 0.5) is 0 Å². The van der Waals surface area contributed by atoms with Gasteiger partial charge in [0.15, 0.2) is 5.16 Å². The molecule has 0 radical (unpaired) electrons. The Bertz CT molecular complexity index is 703. The largest absolute Gasteiger partial charge is 0.491 e. The monoisotopic (exact) mass is 352 g/mol. The fourth-order valence-electron chi connectivity index (χ4n) is 2.20.